The normalized spacial score (nSPS) is 11.8. The molecule has 142 valence electrons. The van der Waals surface area contributed by atoms with E-state index in [1.807, 2.05) is 0 Å². The summed E-state index contributed by atoms with van der Waals surface area (Å²) in [6.07, 6.45) is 0.881. The highest BCUT2D eigenvalue weighted by atomic mass is 32.2. The first-order valence-corrected chi connectivity index (χ1v) is 11.1. The number of carbonyl (C=O) groups excluding carboxylic acids is 1. The van der Waals surface area contributed by atoms with E-state index in [2.05, 4.69) is 15.0 Å². The average molecular weight is 421 g/mol. The molecule has 2 rings (SSSR count). The minimum Gasteiger partial charge on any atom is -0.467 e. The van der Waals surface area contributed by atoms with Gasteiger partial charge in [-0.3, -0.25) is 4.90 Å². The molecular formula is C12H15N5O6S3. The van der Waals surface area contributed by atoms with Gasteiger partial charge in [0.25, 0.3) is 10.0 Å². The molecule has 0 aliphatic rings. The second-order valence-electron chi connectivity index (χ2n) is 4.98. The van der Waals surface area contributed by atoms with Crippen LogP contribution < -0.4 is 14.4 Å². The summed E-state index contributed by atoms with van der Waals surface area (Å²) in [6.45, 7) is 1.54. The molecule has 0 unspecified atom stereocenters. The van der Waals surface area contributed by atoms with Gasteiger partial charge >= 0.3 is 12.0 Å². The zero-order chi connectivity index (χ0) is 19.7. The van der Waals surface area contributed by atoms with Gasteiger partial charge in [0, 0.05) is 13.3 Å². The molecule has 0 saturated heterocycles. The summed E-state index contributed by atoms with van der Waals surface area (Å²) in [7, 11) is -5.63. The van der Waals surface area contributed by atoms with Crippen LogP contribution in [0, 0.1) is 6.92 Å². The molecule has 0 spiro atoms. The maximum absolute atomic E-state index is 12.4. The maximum Gasteiger partial charge on any atom is 0.337 e. The van der Waals surface area contributed by atoms with Gasteiger partial charge in [-0.05, 0) is 18.4 Å². The number of anilines is 1. The third kappa shape index (κ3) is 4.25. The number of methoxy groups -OCH3 is 1. The first-order valence-electron chi connectivity index (χ1n) is 6.80. The quantitative estimate of drug-likeness (QED) is 0.714. The lowest BCUT2D eigenvalue weighted by molar-refractivity contribution is 0.251. The Bertz CT molecular complexity index is 1050. The van der Waals surface area contributed by atoms with E-state index < -0.39 is 30.8 Å². The molecule has 2 aromatic heterocycles. The van der Waals surface area contributed by atoms with E-state index >= 15 is 0 Å². The van der Waals surface area contributed by atoms with Gasteiger partial charge in [-0.1, -0.05) is 0 Å². The predicted molar refractivity (Wildman–Crippen MR) is 92.7 cm³/mol. The number of aromatic nitrogens is 3. The molecule has 0 aromatic carbocycles. The molecule has 0 saturated carbocycles. The standard InChI is InChI=1S/C12H15N5O6S3/c1-7-13-10(15-11(14-7)23-3)17(2)12(18)16-26(21,22)8-5-6-24-9(8)25(4,19)20/h5-6H,1-4H3,(H,16,18). The third-order valence-corrected chi connectivity index (χ3v) is 7.36. The second kappa shape index (κ2) is 7.13. The molecule has 14 heteroatoms. The molecule has 0 aliphatic heterocycles. The van der Waals surface area contributed by atoms with E-state index in [9.17, 15) is 21.6 Å². The Morgan fingerprint density at radius 1 is 1.23 bits per heavy atom. The van der Waals surface area contributed by atoms with Gasteiger partial charge in [-0.25, -0.2) is 26.4 Å². The van der Waals surface area contributed by atoms with Crippen LogP contribution in [0.1, 0.15) is 5.82 Å². The van der Waals surface area contributed by atoms with Crippen LogP contribution in [0.4, 0.5) is 10.7 Å². The molecule has 1 N–H and O–H groups in total. The van der Waals surface area contributed by atoms with Gasteiger partial charge in [0.15, 0.2) is 9.84 Å². The third-order valence-electron chi connectivity index (χ3n) is 2.95. The maximum atomic E-state index is 12.4. The second-order valence-corrected chi connectivity index (χ2v) is 9.76. The number of ether oxygens (including phenoxy) is 1. The number of nitrogens with one attached hydrogen (secondary N) is 1. The van der Waals surface area contributed by atoms with E-state index in [-0.39, 0.29) is 22.0 Å². The van der Waals surface area contributed by atoms with Gasteiger partial charge in [0.1, 0.15) is 14.9 Å². The van der Waals surface area contributed by atoms with Crippen molar-refractivity contribution >= 4 is 43.2 Å². The molecule has 26 heavy (non-hydrogen) atoms. The molecule has 2 amide bonds. The van der Waals surface area contributed by atoms with Crippen LogP contribution in [0.5, 0.6) is 6.01 Å². The molecule has 0 fully saturated rings. The van der Waals surface area contributed by atoms with E-state index in [0.29, 0.717) is 0 Å². The molecule has 0 atom stereocenters. The highest BCUT2D eigenvalue weighted by Crippen LogP contribution is 2.26. The van der Waals surface area contributed by atoms with Crippen molar-refractivity contribution in [3.05, 3.63) is 17.3 Å². The van der Waals surface area contributed by atoms with Gasteiger partial charge in [-0.2, -0.15) is 15.0 Å². The number of urea groups is 1. The highest BCUT2D eigenvalue weighted by Gasteiger charge is 2.29. The number of sulfone groups is 1. The van der Waals surface area contributed by atoms with Crippen molar-refractivity contribution in [2.75, 3.05) is 25.3 Å². The van der Waals surface area contributed by atoms with Gasteiger partial charge in [-0.15, -0.1) is 11.3 Å². The lowest BCUT2D eigenvalue weighted by Crippen LogP contribution is -2.41. The largest absolute Gasteiger partial charge is 0.467 e. The van der Waals surface area contributed by atoms with Crippen LogP contribution in [-0.4, -0.2) is 58.2 Å². The first-order chi connectivity index (χ1) is 12.0. The fourth-order valence-corrected chi connectivity index (χ4v) is 5.86. The van der Waals surface area contributed by atoms with Crippen LogP contribution in [0.15, 0.2) is 20.6 Å². The number of sulfonamides is 1. The monoisotopic (exact) mass is 421 g/mol. The van der Waals surface area contributed by atoms with Crippen LogP contribution >= 0.6 is 11.3 Å². The molecule has 2 aromatic rings. The number of thiophene rings is 1. The smallest absolute Gasteiger partial charge is 0.337 e. The summed E-state index contributed by atoms with van der Waals surface area (Å²) in [5.41, 5.74) is 0. The zero-order valence-corrected chi connectivity index (χ0v) is 16.6. The number of carbonyl (C=O) groups is 1. The number of nitrogens with zero attached hydrogens (tertiary/aromatic N) is 4. The van der Waals surface area contributed by atoms with Crippen molar-refractivity contribution in [1.29, 1.82) is 0 Å². The fourth-order valence-electron chi connectivity index (χ4n) is 1.77. The Morgan fingerprint density at radius 2 is 1.88 bits per heavy atom. The lowest BCUT2D eigenvalue weighted by atomic mass is 10.6. The van der Waals surface area contributed by atoms with Crippen molar-refractivity contribution in [3.8, 4) is 6.01 Å². The van der Waals surface area contributed by atoms with E-state index in [1.54, 1.807) is 11.6 Å². The van der Waals surface area contributed by atoms with Crippen LogP contribution in [0.3, 0.4) is 0 Å². The van der Waals surface area contributed by atoms with Crippen molar-refractivity contribution < 1.29 is 26.4 Å². The van der Waals surface area contributed by atoms with Gasteiger partial charge < -0.3 is 4.74 Å². The Balaban J connectivity index is 2.32. The van der Waals surface area contributed by atoms with Crippen LogP contribution in [-0.2, 0) is 19.9 Å². The summed E-state index contributed by atoms with van der Waals surface area (Å²) >= 11 is 0.741. The summed E-state index contributed by atoms with van der Waals surface area (Å²) in [6, 6.07) is -0.0252. The zero-order valence-electron chi connectivity index (χ0n) is 14.1. The Hall–Kier alpha value is -2.32. The molecule has 2 heterocycles. The summed E-state index contributed by atoms with van der Waals surface area (Å²) < 4.78 is 54.5. The van der Waals surface area contributed by atoms with E-state index in [4.69, 9.17) is 4.74 Å². The number of amides is 2. The first kappa shape index (κ1) is 20.0. The lowest BCUT2D eigenvalue weighted by Gasteiger charge is -2.16. The molecule has 0 bridgehead atoms. The number of aryl methyl sites for hydroxylation is 1. The summed E-state index contributed by atoms with van der Waals surface area (Å²) in [5.74, 6) is 0.113. The summed E-state index contributed by atoms with van der Waals surface area (Å²) in [5, 5.41) is 1.30. The van der Waals surface area contributed by atoms with Gasteiger partial charge in [0.2, 0.25) is 5.95 Å². The number of hydrogen-bond acceptors (Lipinski definition) is 10. The topological polar surface area (TPSA) is 149 Å². The fraction of sp³-hybridized carbons (Fsp3) is 0.333. The van der Waals surface area contributed by atoms with E-state index in [1.165, 1.54) is 19.5 Å². The number of rotatable bonds is 5. The van der Waals surface area contributed by atoms with Gasteiger partial charge in [0.05, 0.1) is 7.11 Å². The van der Waals surface area contributed by atoms with Crippen molar-refractivity contribution in [2.45, 2.75) is 16.0 Å². The number of hydrogen-bond donors (Lipinski definition) is 1. The molecule has 0 aliphatic carbocycles. The molecule has 0 radical (unpaired) electrons. The SMILES string of the molecule is COc1nc(C)nc(N(C)C(=O)NS(=O)(=O)c2ccsc2S(C)(=O)=O)n1. The highest BCUT2D eigenvalue weighted by molar-refractivity contribution is 7.95. The van der Waals surface area contributed by atoms with Crippen molar-refractivity contribution in [2.24, 2.45) is 0 Å². The van der Waals surface area contributed by atoms with E-state index in [0.717, 1.165) is 28.6 Å². The predicted octanol–water partition coefficient (Wildman–Crippen LogP) is 0.188. The summed E-state index contributed by atoms with van der Waals surface area (Å²) in [4.78, 5) is 24.2. The van der Waals surface area contributed by atoms with Crippen molar-refractivity contribution in [1.82, 2.24) is 19.7 Å². The average Bonchev–Trinajstić information content (AvgIpc) is 3.04. The molecule has 11 nitrogen and oxygen atoms in total. The Morgan fingerprint density at radius 3 is 2.46 bits per heavy atom. The molecular weight excluding hydrogens is 406 g/mol. The Labute approximate surface area is 154 Å². The minimum atomic E-state index is -4.42. The Kier molecular flexibility index (Phi) is 5.48. The van der Waals surface area contributed by atoms with Crippen LogP contribution in [0.25, 0.3) is 0 Å². The van der Waals surface area contributed by atoms with Crippen LogP contribution in [0.2, 0.25) is 0 Å². The van der Waals surface area contributed by atoms with Crippen molar-refractivity contribution in [3.63, 3.8) is 0 Å². The minimum absolute atomic E-state index is 0.0489.